The van der Waals surface area contributed by atoms with Crippen LogP contribution in [-0.2, 0) is 31.9 Å². The van der Waals surface area contributed by atoms with Crippen molar-refractivity contribution in [2.75, 3.05) is 6.26 Å². The summed E-state index contributed by atoms with van der Waals surface area (Å²) in [5.41, 5.74) is 1.92. The minimum absolute atomic E-state index is 0.0716. The van der Waals surface area contributed by atoms with Gasteiger partial charge in [0, 0.05) is 0 Å². The predicted octanol–water partition coefficient (Wildman–Crippen LogP) is 3.68. The standard InChI is InChI=1S/C15H26O4SSi/c1-15(2,3)21(5,6)19-12-14-9-7-13(8-10-14)11-18-20(4,16)17/h7-10H,11-12H2,1-6H3. The van der Waals surface area contributed by atoms with E-state index >= 15 is 0 Å². The van der Waals surface area contributed by atoms with Crippen molar-refractivity contribution in [3.63, 3.8) is 0 Å². The molecule has 1 rings (SSSR count). The van der Waals surface area contributed by atoms with Crippen LogP contribution in [0.3, 0.4) is 0 Å². The first-order chi connectivity index (χ1) is 9.41. The van der Waals surface area contributed by atoms with Crippen LogP contribution in [0.2, 0.25) is 18.1 Å². The normalized spacial score (nSPS) is 13.4. The van der Waals surface area contributed by atoms with E-state index in [-0.39, 0.29) is 11.6 Å². The van der Waals surface area contributed by atoms with Crippen LogP contribution in [0.25, 0.3) is 0 Å². The summed E-state index contributed by atoms with van der Waals surface area (Å²) in [7, 11) is -5.14. The van der Waals surface area contributed by atoms with Crippen molar-refractivity contribution < 1.29 is 17.0 Å². The molecule has 0 fully saturated rings. The zero-order valence-electron chi connectivity index (χ0n) is 13.8. The highest BCUT2D eigenvalue weighted by Gasteiger charge is 2.36. The Labute approximate surface area is 129 Å². The van der Waals surface area contributed by atoms with E-state index in [0.29, 0.717) is 6.61 Å². The number of rotatable bonds is 6. The van der Waals surface area contributed by atoms with Gasteiger partial charge in [0.2, 0.25) is 0 Å². The van der Waals surface area contributed by atoms with Crippen molar-refractivity contribution in [3.8, 4) is 0 Å². The average molecular weight is 331 g/mol. The second-order valence-corrected chi connectivity index (χ2v) is 13.3. The van der Waals surface area contributed by atoms with Gasteiger partial charge in [-0.1, -0.05) is 45.0 Å². The quantitative estimate of drug-likeness (QED) is 0.590. The highest BCUT2D eigenvalue weighted by molar-refractivity contribution is 7.85. The van der Waals surface area contributed by atoms with Crippen LogP contribution < -0.4 is 0 Å². The lowest BCUT2D eigenvalue weighted by Gasteiger charge is -2.36. The van der Waals surface area contributed by atoms with Crippen LogP contribution >= 0.6 is 0 Å². The van der Waals surface area contributed by atoms with Crippen molar-refractivity contribution in [2.45, 2.75) is 52.1 Å². The van der Waals surface area contributed by atoms with E-state index in [2.05, 4.69) is 33.9 Å². The topological polar surface area (TPSA) is 52.6 Å². The van der Waals surface area contributed by atoms with E-state index in [1.54, 1.807) is 0 Å². The van der Waals surface area contributed by atoms with Crippen molar-refractivity contribution in [1.82, 2.24) is 0 Å². The zero-order valence-corrected chi connectivity index (χ0v) is 15.6. The summed E-state index contributed by atoms with van der Waals surface area (Å²) in [6, 6.07) is 7.65. The molecule has 120 valence electrons. The van der Waals surface area contributed by atoms with Gasteiger partial charge in [-0.05, 0) is 29.3 Å². The van der Waals surface area contributed by atoms with Gasteiger partial charge in [0.05, 0.1) is 19.5 Å². The van der Waals surface area contributed by atoms with Gasteiger partial charge in [-0.3, -0.25) is 4.18 Å². The molecule has 0 atom stereocenters. The summed E-state index contributed by atoms with van der Waals surface area (Å²) in [6.07, 6.45) is 1.05. The summed E-state index contributed by atoms with van der Waals surface area (Å²) in [6.45, 7) is 11.7. The van der Waals surface area contributed by atoms with Crippen LogP contribution in [0.4, 0.5) is 0 Å². The lowest BCUT2D eigenvalue weighted by Crippen LogP contribution is -2.40. The molecule has 0 saturated heterocycles. The monoisotopic (exact) mass is 330 g/mol. The molecule has 0 radical (unpaired) electrons. The van der Waals surface area contributed by atoms with Gasteiger partial charge in [-0.2, -0.15) is 8.42 Å². The molecule has 0 aromatic heterocycles. The maximum atomic E-state index is 10.9. The van der Waals surface area contributed by atoms with E-state index in [4.69, 9.17) is 8.61 Å². The SMILES string of the molecule is CC(C)(C)[Si](C)(C)OCc1ccc(COS(C)(=O)=O)cc1. The molecule has 0 N–H and O–H groups in total. The highest BCUT2D eigenvalue weighted by Crippen LogP contribution is 2.37. The van der Waals surface area contributed by atoms with Crippen molar-refractivity contribution in [1.29, 1.82) is 0 Å². The van der Waals surface area contributed by atoms with E-state index in [0.717, 1.165) is 17.4 Å². The number of hydrogen-bond donors (Lipinski definition) is 0. The number of hydrogen-bond acceptors (Lipinski definition) is 4. The Morgan fingerprint density at radius 1 is 1.00 bits per heavy atom. The lowest BCUT2D eigenvalue weighted by molar-refractivity contribution is 0.276. The first-order valence-electron chi connectivity index (χ1n) is 6.97. The van der Waals surface area contributed by atoms with Gasteiger partial charge in [0.25, 0.3) is 10.1 Å². The molecule has 0 heterocycles. The molecule has 0 aliphatic carbocycles. The summed E-state index contributed by atoms with van der Waals surface area (Å²) >= 11 is 0. The molecule has 6 heteroatoms. The molecule has 0 aliphatic rings. The fourth-order valence-electron chi connectivity index (χ4n) is 1.39. The average Bonchev–Trinajstić information content (AvgIpc) is 2.33. The second-order valence-electron chi connectivity index (χ2n) is 6.83. The maximum Gasteiger partial charge on any atom is 0.264 e. The maximum absolute atomic E-state index is 10.9. The van der Waals surface area contributed by atoms with Crippen LogP contribution in [0, 0.1) is 0 Å². The molecule has 0 bridgehead atoms. The molecular formula is C15H26O4SSi. The van der Waals surface area contributed by atoms with Gasteiger partial charge in [0.1, 0.15) is 0 Å². The molecule has 1 aromatic carbocycles. The summed E-state index contributed by atoms with van der Waals surface area (Å²) in [4.78, 5) is 0. The molecule has 0 amide bonds. The Balaban J connectivity index is 2.60. The molecule has 4 nitrogen and oxygen atoms in total. The first kappa shape index (κ1) is 18.4. The lowest BCUT2D eigenvalue weighted by atomic mass is 10.1. The predicted molar refractivity (Wildman–Crippen MR) is 88.1 cm³/mol. The minimum atomic E-state index is -3.40. The van der Waals surface area contributed by atoms with E-state index in [1.807, 2.05) is 24.3 Å². The van der Waals surface area contributed by atoms with Crippen LogP contribution in [-0.4, -0.2) is 23.0 Å². The van der Waals surface area contributed by atoms with Gasteiger partial charge in [-0.25, -0.2) is 0 Å². The Bertz CT molecular complexity index is 556. The molecular weight excluding hydrogens is 304 g/mol. The molecule has 0 spiro atoms. The third-order valence-electron chi connectivity index (χ3n) is 3.87. The van der Waals surface area contributed by atoms with E-state index < -0.39 is 18.4 Å². The van der Waals surface area contributed by atoms with Crippen molar-refractivity contribution in [3.05, 3.63) is 35.4 Å². The zero-order chi connectivity index (χ0) is 16.3. The third-order valence-corrected chi connectivity index (χ3v) is 8.89. The first-order valence-corrected chi connectivity index (χ1v) is 11.7. The van der Waals surface area contributed by atoms with Crippen LogP contribution in [0.5, 0.6) is 0 Å². The van der Waals surface area contributed by atoms with Crippen molar-refractivity contribution in [2.24, 2.45) is 0 Å². The minimum Gasteiger partial charge on any atom is -0.413 e. The van der Waals surface area contributed by atoms with E-state index in [1.165, 1.54) is 0 Å². The largest absolute Gasteiger partial charge is 0.413 e. The summed E-state index contributed by atoms with van der Waals surface area (Å²) in [5, 5.41) is 0.191. The van der Waals surface area contributed by atoms with Gasteiger partial charge in [-0.15, -0.1) is 0 Å². The second kappa shape index (κ2) is 6.60. The highest BCUT2D eigenvalue weighted by atomic mass is 32.2. The Morgan fingerprint density at radius 3 is 1.81 bits per heavy atom. The Kier molecular flexibility index (Phi) is 5.77. The fourth-order valence-corrected chi connectivity index (χ4v) is 2.70. The Morgan fingerprint density at radius 2 is 1.43 bits per heavy atom. The van der Waals surface area contributed by atoms with Gasteiger partial charge in [0.15, 0.2) is 8.32 Å². The molecule has 0 aliphatic heterocycles. The molecule has 21 heavy (non-hydrogen) atoms. The molecule has 1 aromatic rings. The number of benzene rings is 1. The molecule has 0 unspecified atom stereocenters. The smallest absolute Gasteiger partial charge is 0.264 e. The van der Waals surface area contributed by atoms with Gasteiger partial charge >= 0.3 is 0 Å². The van der Waals surface area contributed by atoms with Crippen molar-refractivity contribution >= 4 is 18.4 Å². The summed E-state index contributed by atoms with van der Waals surface area (Å²) in [5.74, 6) is 0. The third kappa shape index (κ3) is 6.30. The van der Waals surface area contributed by atoms with E-state index in [9.17, 15) is 8.42 Å². The summed E-state index contributed by atoms with van der Waals surface area (Å²) < 4.78 is 32.8. The Hall–Kier alpha value is -0.693. The molecule has 0 saturated carbocycles. The van der Waals surface area contributed by atoms with Crippen LogP contribution in [0.15, 0.2) is 24.3 Å². The fraction of sp³-hybridized carbons (Fsp3) is 0.600. The van der Waals surface area contributed by atoms with Gasteiger partial charge < -0.3 is 4.43 Å². The van der Waals surface area contributed by atoms with Crippen LogP contribution in [0.1, 0.15) is 31.9 Å².